The van der Waals surface area contributed by atoms with Gasteiger partial charge in [-0.3, -0.25) is 9.47 Å². The van der Waals surface area contributed by atoms with E-state index in [1.165, 1.54) is 5.56 Å². The van der Waals surface area contributed by atoms with Gasteiger partial charge < -0.3 is 4.42 Å². The van der Waals surface area contributed by atoms with Crippen molar-refractivity contribution in [1.82, 2.24) is 9.47 Å². The summed E-state index contributed by atoms with van der Waals surface area (Å²) in [5.41, 5.74) is 2.75. The molecule has 124 valence electrons. The Morgan fingerprint density at radius 3 is 2.92 bits per heavy atom. The summed E-state index contributed by atoms with van der Waals surface area (Å²) in [4.78, 5) is 14.7. The first-order chi connectivity index (χ1) is 11.7. The van der Waals surface area contributed by atoms with Crippen molar-refractivity contribution in [2.75, 3.05) is 13.1 Å². The molecule has 2 aromatic carbocycles. The Bertz CT molecular complexity index is 915. The first-order valence-corrected chi connectivity index (χ1v) is 8.65. The number of likely N-dealkylation sites (tertiary alicyclic amines) is 1. The van der Waals surface area contributed by atoms with Crippen molar-refractivity contribution in [2.45, 2.75) is 25.4 Å². The van der Waals surface area contributed by atoms with Crippen molar-refractivity contribution < 1.29 is 4.42 Å². The molecule has 0 bridgehead atoms. The van der Waals surface area contributed by atoms with Gasteiger partial charge in [-0.2, -0.15) is 0 Å². The van der Waals surface area contributed by atoms with Gasteiger partial charge in [0.2, 0.25) is 0 Å². The second kappa shape index (κ2) is 6.46. The monoisotopic (exact) mass is 342 g/mol. The molecule has 3 aromatic rings. The van der Waals surface area contributed by atoms with Crippen LogP contribution < -0.4 is 5.76 Å². The Kier molecular flexibility index (Phi) is 4.17. The molecule has 0 N–H and O–H groups in total. The van der Waals surface area contributed by atoms with Crippen molar-refractivity contribution in [3.05, 3.63) is 69.7 Å². The van der Waals surface area contributed by atoms with E-state index in [2.05, 4.69) is 11.0 Å². The summed E-state index contributed by atoms with van der Waals surface area (Å²) >= 11 is 6.08. The van der Waals surface area contributed by atoms with Crippen LogP contribution in [-0.4, -0.2) is 22.6 Å². The van der Waals surface area contributed by atoms with E-state index in [0.717, 1.165) is 43.0 Å². The summed E-state index contributed by atoms with van der Waals surface area (Å²) in [6.45, 7) is 2.73. The van der Waals surface area contributed by atoms with Crippen LogP contribution in [0.25, 0.3) is 11.1 Å². The number of para-hydroxylation sites is 2. The van der Waals surface area contributed by atoms with Crippen molar-refractivity contribution in [2.24, 2.45) is 0 Å². The van der Waals surface area contributed by atoms with Gasteiger partial charge in [-0.05, 0) is 49.2 Å². The molecule has 5 heteroatoms. The van der Waals surface area contributed by atoms with E-state index in [9.17, 15) is 4.79 Å². The minimum absolute atomic E-state index is 0.147. The van der Waals surface area contributed by atoms with Crippen LogP contribution in [0.15, 0.2) is 57.7 Å². The van der Waals surface area contributed by atoms with E-state index >= 15 is 0 Å². The van der Waals surface area contributed by atoms with E-state index in [4.69, 9.17) is 16.0 Å². The first kappa shape index (κ1) is 15.5. The number of oxazole rings is 1. The lowest BCUT2D eigenvalue weighted by atomic mass is 10.0. The second-order valence-electron chi connectivity index (χ2n) is 6.37. The van der Waals surface area contributed by atoms with Crippen LogP contribution in [0, 0.1) is 0 Å². The summed E-state index contributed by atoms with van der Waals surface area (Å²) in [5.74, 6) is -0.259. The van der Waals surface area contributed by atoms with Gasteiger partial charge in [-0.1, -0.05) is 35.9 Å². The zero-order valence-corrected chi connectivity index (χ0v) is 14.1. The molecular weight excluding hydrogens is 324 g/mol. The third-order valence-electron chi connectivity index (χ3n) is 4.66. The molecule has 1 atom stereocenters. The minimum atomic E-state index is -0.259. The fraction of sp³-hybridized carbons (Fsp3) is 0.316. The molecule has 0 radical (unpaired) electrons. The van der Waals surface area contributed by atoms with Crippen LogP contribution in [0.3, 0.4) is 0 Å². The fourth-order valence-electron chi connectivity index (χ4n) is 3.61. The number of fused-ring (bicyclic) bond motifs is 1. The summed E-state index contributed by atoms with van der Waals surface area (Å²) in [7, 11) is 0. The molecule has 1 aromatic heterocycles. The Balaban J connectivity index is 1.58. The zero-order chi connectivity index (χ0) is 16.5. The smallest absolute Gasteiger partial charge is 0.408 e. The number of aromatic nitrogens is 1. The van der Waals surface area contributed by atoms with Crippen LogP contribution in [0.2, 0.25) is 5.02 Å². The van der Waals surface area contributed by atoms with Gasteiger partial charge in [0.05, 0.1) is 11.6 Å². The first-order valence-electron chi connectivity index (χ1n) is 8.27. The van der Waals surface area contributed by atoms with Gasteiger partial charge in [0.25, 0.3) is 0 Å². The second-order valence-corrected chi connectivity index (χ2v) is 6.80. The van der Waals surface area contributed by atoms with Crippen molar-refractivity contribution in [1.29, 1.82) is 0 Å². The number of halogens is 1. The highest BCUT2D eigenvalue weighted by Crippen LogP contribution is 2.26. The maximum Gasteiger partial charge on any atom is 0.420 e. The molecule has 0 unspecified atom stereocenters. The van der Waals surface area contributed by atoms with Crippen molar-refractivity contribution in [3.63, 3.8) is 0 Å². The Morgan fingerprint density at radius 2 is 2.04 bits per heavy atom. The van der Waals surface area contributed by atoms with Gasteiger partial charge in [0, 0.05) is 18.1 Å². The number of nitrogens with zero attached hydrogens (tertiary/aromatic N) is 2. The summed E-state index contributed by atoms with van der Waals surface area (Å²) in [5, 5.41) is 0.762. The fourth-order valence-corrected chi connectivity index (χ4v) is 3.82. The normalized spacial score (nSPS) is 19.0. The molecule has 4 rings (SSSR count). The molecule has 1 aliphatic heterocycles. The number of hydrogen-bond donors (Lipinski definition) is 0. The quantitative estimate of drug-likeness (QED) is 0.719. The Labute approximate surface area is 145 Å². The SMILES string of the molecule is O=c1oc2ccccc2n1[C@@H]1CCCN(Cc2cccc(Cl)c2)C1. The largest absolute Gasteiger partial charge is 0.420 e. The maximum absolute atomic E-state index is 12.3. The molecular formula is C19H19ClN2O2. The van der Waals surface area contributed by atoms with Crippen LogP contribution in [0.1, 0.15) is 24.4 Å². The lowest BCUT2D eigenvalue weighted by molar-refractivity contribution is 0.168. The van der Waals surface area contributed by atoms with E-state index in [1.54, 1.807) is 0 Å². The Hall–Kier alpha value is -2.04. The van der Waals surface area contributed by atoms with Gasteiger partial charge in [0.15, 0.2) is 5.58 Å². The van der Waals surface area contributed by atoms with Crippen LogP contribution in [0.5, 0.6) is 0 Å². The molecule has 24 heavy (non-hydrogen) atoms. The minimum Gasteiger partial charge on any atom is -0.408 e. The Morgan fingerprint density at radius 1 is 1.17 bits per heavy atom. The van der Waals surface area contributed by atoms with Crippen LogP contribution in [0.4, 0.5) is 0 Å². The third kappa shape index (κ3) is 2.99. The van der Waals surface area contributed by atoms with Crippen molar-refractivity contribution >= 4 is 22.7 Å². The summed E-state index contributed by atoms with van der Waals surface area (Å²) in [6.07, 6.45) is 2.06. The lowest BCUT2D eigenvalue weighted by Gasteiger charge is -2.33. The van der Waals surface area contributed by atoms with Crippen LogP contribution >= 0.6 is 11.6 Å². The number of hydrogen-bond acceptors (Lipinski definition) is 3. The molecule has 0 spiro atoms. The van der Waals surface area contributed by atoms with E-state index in [1.807, 2.05) is 47.0 Å². The maximum atomic E-state index is 12.3. The van der Waals surface area contributed by atoms with Crippen molar-refractivity contribution in [3.8, 4) is 0 Å². The molecule has 4 nitrogen and oxygen atoms in total. The standard InChI is InChI=1S/C19H19ClN2O2/c20-15-6-3-5-14(11-15)12-21-10-4-7-16(13-21)22-17-8-1-2-9-18(17)24-19(22)23/h1-3,5-6,8-9,11,16H,4,7,10,12-13H2/t16-/m1/s1. The lowest BCUT2D eigenvalue weighted by Crippen LogP contribution is -2.38. The highest BCUT2D eigenvalue weighted by molar-refractivity contribution is 6.30. The topological polar surface area (TPSA) is 38.4 Å². The molecule has 1 aliphatic rings. The van der Waals surface area contributed by atoms with E-state index < -0.39 is 0 Å². The van der Waals surface area contributed by atoms with Gasteiger partial charge >= 0.3 is 5.76 Å². The molecule has 0 aliphatic carbocycles. The molecule has 1 fully saturated rings. The summed E-state index contributed by atoms with van der Waals surface area (Å²) < 4.78 is 7.21. The molecule has 2 heterocycles. The number of piperidine rings is 1. The van der Waals surface area contributed by atoms with Gasteiger partial charge in [-0.15, -0.1) is 0 Å². The van der Waals surface area contributed by atoms with Gasteiger partial charge in [-0.25, -0.2) is 4.79 Å². The number of rotatable bonds is 3. The number of benzene rings is 2. The average molecular weight is 343 g/mol. The van der Waals surface area contributed by atoms with Gasteiger partial charge in [0.1, 0.15) is 0 Å². The predicted octanol–water partition coefficient (Wildman–Crippen LogP) is 4.09. The molecule has 0 saturated carbocycles. The van der Waals surface area contributed by atoms with Crippen LogP contribution in [-0.2, 0) is 6.54 Å². The summed E-state index contributed by atoms with van der Waals surface area (Å²) in [6, 6.07) is 15.8. The molecule has 0 amide bonds. The highest BCUT2D eigenvalue weighted by atomic mass is 35.5. The zero-order valence-electron chi connectivity index (χ0n) is 13.3. The third-order valence-corrected chi connectivity index (χ3v) is 4.89. The highest BCUT2D eigenvalue weighted by Gasteiger charge is 2.25. The van der Waals surface area contributed by atoms with E-state index in [-0.39, 0.29) is 11.8 Å². The average Bonchev–Trinajstić information content (AvgIpc) is 2.91. The van der Waals surface area contributed by atoms with E-state index in [0.29, 0.717) is 5.58 Å². The molecule has 1 saturated heterocycles. The predicted molar refractivity (Wildman–Crippen MR) is 95.5 cm³/mol.